The highest BCUT2D eigenvalue weighted by Crippen LogP contribution is 2.27. The Morgan fingerprint density at radius 1 is 1.00 bits per heavy atom. The highest BCUT2D eigenvalue weighted by Gasteiger charge is 2.14. The normalized spacial score (nSPS) is 10.8. The third-order valence-corrected chi connectivity index (χ3v) is 5.19. The van der Waals surface area contributed by atoms with Gasteiger partial charge in [0.15, 0.2) is 0 Å². The van der Waals surface area contributed by atoms with E-state index < -0.39 is 0 Å². The van der Waals surface area contributed by atoms with Crippen molar-refractivity contribution in [1.82, 2.24) is 24.5 Å². The van der Waals surface area contributed by atoms with Crippen LogP contribution in [0.5, 0.6) is 11.8 Å². The van der Waals surface area contributed by atoms with Gasteiger partial charge in [0, 0.05) is 30.4 Å². The highest BCUT2D eigenvalue weighted by molar-refractivity contribution is 6.30. The second kappa shape index (κ2) is 9.23. The molecule has 4 aromatic rings. The Balaban J connectivity index is 1.64. The van der Waals surface area contributed by atoms with E-state index in [2.05, 4.69) is 19.9 Å². The van der Waals surface area contributed by atoms with E-state index in [0.29, 0.717) is 23.2 Å². The first-order chi connectivity index (χ1) is 15.5. The van der Waals surface area contributed by atoms with Crippen molar-refractivity contribution in [2.45, 2.75) is 13.3 Å². The monoisotopic (exact) mass is 450 g/mol. The second-order valence-corrected chi connectivity index (χ2v) is 7.62. The zero-order chi connectivity index (χ0) is 22.7. The van der Waals surface area contributed by atoms with Gasteiger partial charge < -0.3 is 18.9 Å². The largest absolute Gasteiger partial charge is 0.495 e. The summed E-state index contributed by atoms with van der Waals surface area (Å²) in [6.45, 7) is 1.95. The maximum Gasteiger partial charge on any atom is 0.321 e. The van der Waals surface area contributed by atoms with Crippen molar-refractivity contribution in [2.24, 2.45) is 0 Å². The average molecular weight is 451 g/mol. The average Bonchev–Trinajstić information content (AvgIpc) is 3.24. The smallest absolute Gasteiger partial charge is 0.321 e. The zero-order valence-corrected chi connectivity index (χ0v) is 19.0. The molecule has 0 saturated carbocycles. The standard InChI is InChI=1S/C23H23ClN6O2/c1-15-13-30(14-25-15)19-10-5-16(11-20(19)31-3)12-21-26-22(28-23(27-21)32-4)29(2)18-8-6-17(24)7-9-18/h5-11,13-14H,12H2,1-4H3. The molecular weight excluding hydrogens is 428 g/mol. The van der Waals surface area contributed by atoms with Crippen molar-refractivity contribution in [2.75, 3.05) is 26.2 Å². The fourth-order valence-electron chi connectivity index (χ4n) is 3.27. The molecule has 32 heavy (non-hydrogen) atoms. The summed E-state index contributed by atoms with van der Waals surface area (Å²) in [7, 11) is 5.07. The van der Waals surface area contributed by atoms with E-state index in [0.717, 1.165) is 28.4 Å². The van der Waals surface area contributed by atoms with E-state index in [9.17, 15) is 0 Å². The van der Waals surface area contributed by atoms with Gasteiger partial charge >= 0.3 is 6.01 Å². The molecule has 0 N–H and O–H groups in total. The van der Waals surface area contributed by atoms with Crippen LogP contribution in [0, 0.1) is 6.92 Å². The highest BCUT2D eigenvalue weighted by atomic mass is 35.5. The van der Waals surface area contributed by atoms with E-state index >= 15 is 0 Å². The van der Waals surface area contributed by atoms with Crippen LogP contribution < -0.4 is 14.4 Å². The Labute approximate surface area is 191 Å². The molecule has 8 nitrogen and oxygen atoms in total. The predicted octanol–water partition coefficient (Wildman–Crippen LogP) is 4.40. The van der Waals surface area contributed by atoms with Crippen molar-refractivity contribution in [3.05, 3.63) is 77.1 Å². The number of ether oxygens (including phenoxy) is 2. The summed E-state index contributed by atoms with van der Waals surface area (Å²) in [6, 6.07) is 13.7. The van der Waals surface area contributed by atoms with Gasteiger partial charge in [-0.05, 0) is 48.9 Å². The van der Waals surface area contributed by atoms with Gasteiger partial charge in [0.05, 0.1) is 31.9 Å². The lowest BCUT2D eigenvalue weighted by Gasteiger charge is -2.18. The Kier molecular flexibility index (Phi) is 6.23. The quantitative estimate of drug-likeness (QED) is 0.413. The van der Waals surface area contributed by atoms with E-state index in [1.54, 1.807) is 13.4 Å². The first-order valence-corrected chi connectivity index (χ1v) is 10.3. The molecule has 164 valence electrons. The third kappa shape index (κ3) is 4.65. The van der Waals surface area contributed by atoms with Gasteiger partial charge in [0.25, 0.3) is 0 Å². The Morgan fingerprint density at radius 2 is 1.78 bits per heavy atom. The lowest BCUT2D eigenvalue weighted by molar-refractivity contribution is 0.376. The molecule has 0 unspecified atom stereocenters. The molecule has 0 aliphatic heterocycles. The molecule has 2 aromatic heterocycles. The zero-order valence-electron chi connectivity index (χ0n) is 18.3. The van der Waals surface area contributed by atoms with Crippen LogP contribution in [-0.2, 0) is 6.42 Å². The van der Waals surface area contributed by atoms with Crippen LogP contribution in [0.4, 0.5) is 11.6 Å². The molecule has 0 aliphatic rings. The van der Waals surface area contributed by atoms with Gasteiger partial charge in [0.1, 0.15) is 11.6 Å². The van der Waals surface area contributed by atoms with E-state index in [-0.39, 0.29) is 6.01 Å². The van der Waals surface area contributed by atoms with Gasteiger partial charge in [-0.25, -0.2) is 4.98 Å². The van der Waals surface area contributed by atoms with Gasteiger partial charge in [0.2, 0.25) is 5.95 Å². The molecule has 0 spiro atoms. The number of hydrogen-bond donors (Lipinski definition) is 0. The first-order valence-electron chi connectivity index (χ1n) is 9.93. The fraction of sp³-hybridized carbons (Fsp3) is 0.217. The molecule has 9 heteroatoms. The number of benzene rings is 2. The van der Waals surface area contributed by atoms with E-state index in [1.807, 2.05) is 72.1 Å². The lowest BCUT2D eigenvalue weighted by Crippen LogP contribution is -2.15. The first kappa shape index (κ1) is 21.6. The molecular formula is C23H23ClN6O2. The maximum atomic E-state index is 6.01. The number of methoxy groups -OCH3 is 2. The number of aryl methyl sites for hydroxylation is 1. The number of nitrogens with zero attached hydrogens (tertiary/aromatic N) is 6. The van der Waals surface area contributed by atoms with Crippen molar-refractivity contribution in [1.29, 1.82) is 0 Å². The van der Waals surface area contributed by atoms with E-state index in [1.165, 1.54) is 7.11 Å². The van der Waals surface area contributed by atoms with E-state index in [4.69, 9.17) is 21.1 Å². The summed E-state index contributed by atoms with van der Waals surface area (Å²) in [4.78, 5) is 19.6. The van der Waals surface area contributed by atoms with Crippen LogP contribution in [0.25, 0.3) is 5.69 Å². The Hall–Kier alpha value is -3.65. The molecule has 0 saturated heterocycles. The minimum absolute atomic E-state index is 0.253. The molecule has 0 aliphatic carbocycles. The van der Waals surface area contributed by atoms with Crippen LogP contribution in [-0.4, -0.2) is 45.8 Å². The molecule has 0 bridgehead atoms. The topological polar surface area (TPSA) is 78.2 Å². The van der Waals surface area contributed by atoms with Gasteiger partial charge in [-0.1, -0.05) is 17.7 Å². The van der Waals surface area contributed by atoms with Crippen LogP contribution in [0.3, 0.4) is 0 Å². The Morgan fingerprint density at radius 3 is 2.44 bits per heavy atom. The predicted molar refractivity (Wildman–Crippen MR) is 124 cm³/mol. The summed E-state index contributed by atoms with van der Waals surface area (Å²) in [5.74, 6) is 1.80. The SMILES string of the molecule is COc1nc(Cc2ccc(-n3cnc(C)c3)c(OC)c2)nc(N(C)c2ccc(Cl)cc2)n1. The molecule has 2 aromatic carbocycles. The van der Waals surface area contributed by atoms with Crippen molar-refractivity contribution in [3.63, 3.8) is 0 Å². The van der Waals surface area contributed by atoms with Crippen molar-refractivity contribution < 1.29 is 9.47 Å². The molecule has 4 rings (SSSR count). The number of rotatable bonds is 7. The second-order valence-electron chi connectivity index (χ2n) is 7.18. The molecule has 2 heterocycles. The molecule has 0 atom stereocenters. The van der Waals surface area contributed by atoms with Gasteiger partial charge in [-0.15, -0.1) is 0 Å². The van der Waals surface area contributed by atoms with Crippen LogP contribution in [0.1, 0.15) is 17.1 Å². The van der Waals surface area contributed by atoms with Crippen LogP contribution in [0.15, 0.2) is 55.0 Å². The molecule has 0 fully saturated rings. The van der Waals surface area contributed by atoms with Gasteiger partial charge in [-0.2, -0.15) is 15.0 Å². The summed E-state index contributed by atoms with van der Waals surface area (Å²) >= 11 is 6.01. The number of anilines is 2. The number of imidazole rings is 1. The molecule has 0 amide bonds. The Bertz CT molecular complexity index is 1230. The number of hydrogen-bond acceptors (Lipinski definition) is 7. The number of aromatic nitrogens is 5. The summed E-state index contributed by atoms with van der Waals surface area (Å²) in [5.41, 5.74) is 3.74. The third-order valence-electron chi connectivity index (χ3n) is 4.94. The van der Waals surface area contributed by atoms with Crippen LogP contribution in [0.2, 0.25) is 5.02 Å². The van der Waals surface area contributed by atoms with Crippen molar-refractivity contribution in [3.8, 4) is 17.4 Å². The summed E-state index contributed by atoms with van der Waals surface area (Å²) in [6.07, 6.45) is 4.20. The minimum atomic E-state index is 0.253. The van der Waals surface area contributed by atoms with Crippen molar-refractivity contribution >= 4 is 23.2 Å². The lowest BCUT2D eigenvalue weighted by atomic mass is 10.1. The molecule has 0 radical (unpaired) electrons. The summed E-state index contributed by atoms with van der Waals surface area (Å²) in [5, 5.41) is 0.666. The minimum Gasteiger partial charge on any atom is -0.495 e. The van der Waals surface area contributed by atoms with Crippen LogP contribution >= 0.6 is 11.6 Å². The van der Waals surface area contributed by atoms with Gasteiger partial charge in [-0.3, -0.25) is 0 Å². The number of halogens is 1. The fourth-order valence-corrected chi connectivity index (χ4v) is 3.39. The summed E-state index contributed by atoms with van der Waals surface area (Å²) < 4.78 is 12.9. The maximum absolute atomic E-state index is 6.01.